The highest BCUT2D eigenvalue weighted by molar-refractivity contribution is 7.80. The van der Waals surface area contributed by atoms with E-state index in [1.54, 1.807) is 0 Å². The smallest absolute Gasteiger partial charge is 0.309 e. The van der Waals surface area contributed by atoms with Gasteiger partial charge in [0.25, 0.3) is 0 Å². The van der Waals surface area contributed by atoms with Crippen molar-refractivity contribution < 1.29 is 19.1 Å². The van der Waals surface area contributed by atoms with E-state index in [1.807, 2.05) is 38.1 Å². The highest BCUT2D eigenvalue weighted by Crippen LogP contribution is 2.24. The van der Waals surface area contributed by atoms with Crippen molar-refractivity contribution in [1.29, 1.82) is 0 Å². The van der Waals surface area contributed by atoms with Gasteiger partial charge in [0.15, 0.2) is 0 Å². The maximum absolute atomic E-state index is 12.4. The molecule has 1 saturated carbocycles. The van der Waals surface area contributed by atoms with E-state index in [9.17, 15) is 9.59 Å². The number of carbonyl (C=O) groups excluding carboxylic acids is 2. The topological polar surface area (TPSA) is 52.6 Å². The van der Waals surface area contributed by atoms with Crippen molar-refractivity contribution in [2.75, 3.05) is 0 Å². The molecular formula is C21H30O4S. The van der Waals surface area contributed by atoms with Crippen molar-refractivity contribution in [2.45, 2.75) is 76.4 Å². The summed E-state index contributed by atoms with van der Waals surface area (Å²) in [5.41, 5.74) is 0.923. The van der Waals surface area contributed by atoms with Crippen LogP contribution < -0.4 is 0 Å². The highest BCUT2D eigenvalue weighted by atomic mass is 32.1. The molecule has 0 heterocycles. The molecule has 2 unspecified atom stereocenters. The molecule has 2 atom stereocenters. The molecule has 0 saturated heterocycles. The van der Waals surface area contributed by atoms with Crippen LogP contribution in [0.5, 0.6) is 0 Å². The summed E-state index contributed by atoms with van der Waals surface area (Å²) in [6, 6.07) is 7.50. The van der Waals surface area contributed by atoms with Crippen molar-refractivity contribution in [2.24, 2.45) is 11.8 Å². The Morgan fingerprint density at radius 1 is 1.12 bits per heavy atom. The van der Waals surface area contributed by atoms with E-state index >= 15 is 0 Å². The summed E-state index contributed by atoms with van der Waals surface area (Å²) in [5, 5.41) is 0. The molecule has 1 aromatic carbocycles. The Morgan fingerprint density at radius 2 is 1.77 bits per heavy atom. The largest absolute Gasteiger partial charge is 0.462 e. The Balaban J connectivity index is 1.78. The van der Waals surface area contributed by atoms with Gasteiger partial charge < -0.3 is 9.47 Å². The van der Waals surface area contributed by atoms with Crippen LogP contribution in [-0.2, 0) is 25.7 Å². The van der Waals surface area contributed by atoms with E-state index in [0.29, 0.717) is 12.8 Å². The third kappa shape index (κ3) is 6.67. The minimum absolute atomic E-state index is 0.0577. The zero-order valence-corrected chi connectivity index (χ0v) is 16.7. The predicted octanol–water partition coefficient (Wildman–Crippen LogP) is 4.95. The third-order valence-electron chi connectivity index (χ3n) is 5.02. The van der Waals surface area contributed by atoms with Crippen LogP contribution in [0.25, 0.3) is 0 Å². The van der Waals surface area contributed by atoms with Crippen LogP contribution in [-0.4, -0.2) is 18.0 Å². The van der Waals surface area contributed by atoms with Crippen molar-refractivity contribution in [3.63, 3.8) is 0 Å². The van der Waals surface area contributed by atoms with E-state index in [0.717, 1.165) is 36.1 Å². The molecule has 0 N–H and O–H groups in total. The quantitative estimate of drug-likeness (QED) is 0.514. The molecule has 144 valence electrons. The normalized spacial score (nSPS) is 17.3. The average Bonchev–Trinajstić information content (AvgIpc) is 2.65. The maximum atomic E-state index is 12.4. The molecule has 1 fully saturated rings. The second-order valence-corrected chi connectivity index (χ2v) is 7.73. The number of hydrogen-bond donors (Lipinski definition) is 1. The van der Waals surface area contributed by atoms with Gasteiger partial charge in [-0.25, -0.2) is 0 Å². The Kier molecular flexibility index (Phi) is 8.49. The van der Waals surface area contributed by atoms with Gasteiger partial charge in [-0.1, -0.05) is 32.4 Å². The van der Waals surface area contributed by atoms with Gasteiger partial charge in [-0.15, -0.1) is 12.6 Å². The Hall–Kier alpha value is -1.49. The molecule has 0 spiro atoms. The molecule has 2 rings (SSSR count). The number of thiol groups is 1. The van der Waals surface area contributed by atoms with Crippen LogP contribution in [0.2, 0.25) is 0 Å². The molecule has 0 radical (unpaired) electrons. The maximum Gasteiger partial charge on any atom is 0.309 e. The zero-order chi connectivity index (χ0) is 18.9. The van der Waals surface area contributed by atoms with E-state index in [2.05, 4.69) is 12.6 Å². The predicted molar refractivity (Wildman–Crippen MR) is 104 cm³/mol. The highest BCUT2D eigenvalue weighted by Gasteiger charge is 2.27. The summed E-state index contributed by atoms with van der Waals surface area (Å²) >= 11 is 4.24. The standard InChI is InChI=1S/C21H30O4S/c1-3-17(21(23)25-18-7-5-4-6-8-18)13-15(2)20(22)24-14-16-9-11-19(26)12-10-16/h9-12,15,17-18,26H,3-8,13-14H2,1-2H3. The van der Waals surface area contributed by atoms with Crippen LogP contribution in [0.15, 0.2) is 29.2 Å². The average molecular weight is 379 g/mol. The first-order chi connectivity index (χ1) is 12.5. The van der Waals surface area contributed by atoms with Crippen molar-refractivity contribution >= 4 is 24.6 Å². The van der Waals surface area contributed by atoms with E-state index in [4.69, 9.17) is 9.47 Å². The molecule has 4 nitrogen and oxygen atoms in total. The molecule has 0 amide bonds. The van der Waals surface area contributed by atoms with Gasteiger partial charge in [0.2, 0.25) is 0 Å². The van der Waals surface area contributed by atoms with Gasteiger partial charge in [0.05, 0.1) is 11.8 Å². The van der Waals surface area contributed by atoms with Crippen LogP contribution in [0.3, 0.4) is 0 Å². The molecule has 0 aliphatic heterocycles. The molecule has 0 bridgehead atoms. The lowest BCUT2D eigenvalue weighted by Gasteiger charge is -2.25. The van der Waals surface area contributed by atoms with E-state index < -0.39 is 0 Å². The Bertz CT molecular complexity index is 578. The number of hydrogen-bond acceptors (Lipinski definition) is 5. The first-order valence-corrected chi connectivity index (χ1v) is 10.1. The lowest BCUT2D eigenvalue weighted by Crippen LogP contribution is -2.28. The molecule has 0 aromatic heterocycles. The number of carbonyl (C=O) groups is 2. The van der Waals surface area contributed by atoms with Crippen LogP contribution in [0.1, 0.15) is 64.4 Å². The fraction of sp³-hybridized carbons (Fsp3) is 0.619. The summed E-state index contributed by atoms with van der Waals surface area (Å²) in [7, 11) is 0. The van der Waals surface area contributed by atoms with Gasteiger partial charge in [-0.3, -0.25) is 9.59 Å². The Morgan fingerprint density at radius 3 is 2.38 bits per heavy atom. The number of esters is 2. The summed E-state index contributed by atoms with van der Waals surface area (Å²) in [6.45, 7) is 4.01. The van der Waals surface area contributed by atoms with Crippen molar-refractivity contribution in [1.82, 2.24) is 0 Å². The summed E-state index contributed by atoms with van der Waals surface area (Å²) in [4.78, 5) is 25.6. The number of rotatable bonds is 8. The summed E-state index contributed by atoms with van der Waals surface area (Å²) in [5.74, 6) is -1.02. The fourth-order valence-corrected chi connectivity index (χ4v) is 3.43. The summed E-state index contributed by atoms with van der Waals surface area (Å²) < 4.78 is 11.1. The SMILES string of the molecule is CCC(CC(C)C(=O)OCc1ccc(S)cc1)C(=O)OC1CCCCC1. The minimum Gasteiger partial charge on any atom is -0.462 e. The van der Waals surface area contributed by atoms with Crippen molar-refractivity contribution in [3.8, 4) is 0 Å². The first-order valence-electron chi connectivity index (χ1n) is 9.64. The van der Waals surface area contributed by atoms with Crippen LogP contribution >= 0.6 is 12.6 Å². The molecular weight excluding hydrogens is 348 g/mol. The zero-order valence-electron chi connectivity index (χ0n) is 15.8. The van der Waals surface area contributed by atoms with Gasteiger partial charge >= 0.3 is 11.9 Å². The molecule has 1 aliphatic carbocycles. The monoisotopic (exact) mass is 378 g/mol. The lowest BCUT2D eigenvalue weighted by molar-refractivity contribution is -0.157. The van der Waals surface area contributed by atoms with E-state index in [-0.39, 0.29) is 36.5 Å². The second-order valence-electron chi connectivity index (χ2n) is 7.21. The summed E-state index contributed by atoms with van der Waals surface area (Å²) in [6.07, 6.45) is 6.61. The minimum atomic E-state index is -0.331. The first kappa shape index (κ1) is 20.8. The fourth-order valence-electron chi connectivity index (χ4n) is 3.28. The number of ether oxygens (including phenoxy) is 2. The van der Waals surface area contributed by atoms with Gasteiger partial charge in [-0.05, 0) is 56.2 Å². The van der Waals surface area contributed by atoms with Crippen LogP contribution in [0.4, 0.5) is 0 Å². The van der Waals surface area contributed by atoms with Crippen LogP contribution in [0, 0.1) is 11.8 Å². The molecule has 5 heteroatoms. The number of benzene rings is 1. The van der Waals surface area contributed by atoms with Crippen molar-refractivity contribution in [3.05, 3.63) is 29.8 Å². The van der Waals surface area contributed by atoms with Gasteiger partial charge in [-0.2, -0.15) is 0 Å². The van der Waals surface area contributed by atoms with E-state index in [1.165, 1.54) is 6.42 Å². The van der Waals surface area contributed by atoms with Gasteiger partial charge in [0.1, 0.15) is 12.7 Å². The third-order valence-corrected chi connectivity index (χ3v) is 5.32. The lowest BCUT2D eigenvalue weighted by atomic mass is 9.93. The Labute approximate surface area is 162 Å². The molecule has 1 aliphatic rings. The van der Waals surface area contributed by atoms with Gasteiger partial charge in [0, 0.05) is 4.90 Å². The second kappa shape index (κ2) is 10.6. The molecule has 1 aromatic rings. The molecule has 26 heavy (non-hydrogen) atoms.